The first-order valence-corrected chi connectivity index (χ1v) is 10.6. The zero-order valence-electron chi connectivity index (χ0n) is 17.5. The summed E-state index contributed by atoms with van der Waals surface area (Å²) in [6.45, 7) is 8.85. The molecule has 2 heterocycles. The fraction of sp³-hybridized carbons (Fsp3) is 0.636. The molecule has 1 saturated carbocycles. The van der Waals surface area contributed by atoms with E-state index < -0.39 is 0 Å². The van der Waals surface area contributed by atoms with Crippen LogP contribution in [-0.4, -0.2) is 49.0 Å². The van der Waals surface area contributed by atoms with Crippen LogP contribution in [0, 0.1) is 5.92 Å². The Labute approximate surface area is 191 Å². The Balaban J connectivity index is 0.00000300. The summed E-state index contributed by atoms with van der Waals surface area (Å²) in [6, 6.07) is 4.12. The predicted molar refractivity (Wildman–Crippen MR) is 128 cm³/mol. The second-order valence-electron chi connectivity index (χ2n) is 8.13. The summed E-state index contributed by atoms with van der Waals surface area (Å²) >= 11 is 0. The van der Waals surface area contributed by atoms with Crippen LogP contribution in [0.5, 0.6) is 0 Å². The molecule has 0 bridgehead atoms. The van der Waals surface area contributed by atoms with Gasteiger partial charge in [0.25, 0.3) is 0 Å². The number of halogens is 1. The van der Waals surface area contributed by atoms with Gasteiger partial charge in [0.1, 0.15) is 5.76 Å². The average molecular weight is 514 g/mol. The number of rotatable bonds is 7. The molecule has 1 aliphatic heterocycles. The van der Waals surface area contributed by atoms with Crippen LogP contribution in [0.15, 0.2) is 40.0 Å². The summed E-state index contributed by atoms with van der Waals surface area (Å²) in [5.41, 5.74) is 1.02. The topological polar surface area (TPSA) is 69.9 Å². The number of aliphatic imine (C=N–C) groups is 1. The van der Waals surface area contributed by atoms with E-state index in [2.05, 4.69) is 22.2 Å². The van der Waals surface area contributed by atoms with E-state index in [4.69, 9.17) is 4.42 Å². The molecule has 1 amide bonds. The number of nitrogens with one attached hydrogen (secondary N) is 2. The maximum Gasteiger partial charge on any atom is 0.225 e. The molecule has 1 aromatic heterocycles. The maximum atomic E-state index is 12.8. The van der Waals surface area contributed by atoms with Crippen LogP contribution in [0.2, 0.25) is 0 Å². The minimum absolute atomic E-state index is 0. The second kappa shape index (κ2) is 12.2. The highest BCUT2D eigenvalue weighted by Gasteiger charge is 2.31. The van der Waals surface area contributed by atoms with Gasteiger partial charge in [-0.2, -0.15) is 0 Å². The smallest absolute Gasteiger partial charge is 0.225 e. The third-order valence-corrected chi connectivity index (χ3v) is 5.55. The first-order chi connectivity index (χ1) is 13.6. The van der Waals surface area contributed by atoms with Gasteiger partial charge in [-0.15, -0.1) is 24.0 Å². The van der Waals surface area contributed by atoms with Gasteiger partial charge in [0.15, 0.2) is 5.96 Å². The normalized spacial score (nSPS) is 20.2. The molecule has 1 aromatic rings. The Morgan fingerprint density at radius 3 is 2.79 bits per heavy atom. The monoisotopic (exact) mass is 514 g/mol. The van der Waals surface area contributed by atoms with Crippen molar-refractivity contribution in [1.82, 2.24) is 15.5 Å². The van der Waals surface area contributed by atoms with Crippen LogP contribution < -0.4 is 10.6 Å². The predicted octanol–water partition coefficient (Wildman–Crippen LogP) is 3.73. The minimum Gasteiger partial charge on any atom is -0.469 e. The Morgan fingerprint density at radius 2 is 2.10 bits per heavy atom. The van der Waals surface area contributed by atoms with E-state index >= 15 is 0 Å². The van der Waals surface area contributed by atoms with E-state index in [0.717, 1.165) is 62.6 Å². The van der Waals surface area contributed by atoms with Crippen LogP contribution in [0.4, 0.5) is 0 Å². The Kier molecular flexibility index (Phi) is 10.0. The van der Waals surface area contributed by atoms with Gasteiger partial charge in [-0.1, -0.05) is 31.4 Å². The van der Waals surface area contributed by atoms with E-state index in [1.54, 1.807) is 6.26 Å². The molecule has 2 aliphatic rings. The first kappa shape index (κ1) is 23.8. The van der Waals surface area contributed by atoms with Crippen molar-refractivity contribution >= 4 is 35.8 Å². The lowest BCUT2D eigenvalue weighted by atomic mass is 9.88. The van der Waals surface area contributed by atoms with Crippen molar-refractivity contribution in [3.63, 3.8) is 0 Å². The lowest BCUT2D eigenvalue weighted by Gasteiger charge is -2.26. The van der Waals surface area contributed by atoms with Gasteiger partial charge < -0.3 is 20.0 Å². The molecule has 1 atom stereocenters. The summed E-state index contributed by atoms with van der Waals surface area (Å²) in [5, 5.41) is 6.89. The molecule has 29 heavy (non-hydrogen) atoms. The average Bonchev–Trinajstić information content (AvgIpc) is 3.38. The zero-order valence-corrected chi connectivity index (χ0v) is 19.8. The number of likely N-dealkylation sites (tertiary alicyclic amines) is 1. The van der Waals surface area contributed by atoms with Gasteiger partial charge in [0.2, 0.25) is 5.91 Å². The molecule has 1 unspecified atom stereocenters. The van der Waals surface area contributed by atoms with Crippen molar-refractivity contribution < 1.29 is 9.21 Å². The van der Waals surface area contributed by atoms with Crippen LogP contribution >= 0.6 is 24.0 Å². The molecule has 7 heteroatoms. The summed E-state index contributed by atoms with van der Waals surface area (Å²) in [7, 11) is 0. The molecule has 6 nitrogen and oxygen atoms in total. The second-order valence-corrected chi connectivity index (χ2v) is 8.13. The third-order valence-electron chi connectivity index (χ3n) is 5.55. The standard InChI is InChI=1S/C22H34N4O2.HI/c1-17(2)15-24-22(23-12-10-20-9-6-14-28-20)25-19-11-13-26(16-19)21(27)18-7-4-3-5-8-18;/h6,9,14,18-19H,1,3-5,7-8,10-13,15-16H2,2H3,(H2,23,24,25);1H. The molecule has 2 N–H and O–H groups in total. The van der Waals surface area contributed by atoms with Gasteiger partial charge in [-0.25, -0.2) is 4.99 Å². The number of nitrogens with zero attached hydrogens (tertiary/aromatic N) is 2. The fourth-order valence-corrected chi connectivity index (χ4v) is 4.00. The number of carbonyl (C=O) groups is 1. The summed E-state index contributed by atoms with van der Waals surface area (Å²) in [4.78, 5) is 19.5. The van der Waals surface area contributed by atoms with Crippen molar-refractivity contribution in [2.75, 3.05) is 26.2 Å². The largest absolute Gasteiger partial charge is 0.469 e. The van der Waals surface area contributed by atoms with Crippen LogP contribution in [0.1, 0.15) is 51.2 Å². The Bertz CT molecular complexity index is 668. The van der Waals surface area contributed by atoms with Gasteiger partial charge in [-0.05, 0) is 38.3 Å². The van der Waals surface area contributed by atoms with Crippen molar-refractivity contribution in [3.05, 3.63) is 36.3 Å². The zero-order chi connectivity index (χ0) is 19.8. The summed E-state index contributed by atoms with van der Waals surface area (Å²) < 4.78 is 5.39. The Hall–Kier alpha value is -1.51. The lowest BCUT2D eigenvalue weighted by Crippen LogP contribution is -2.46. The van der Waals surface area contributed by atoms with Crippen molar-refractivity contribution in [3.8, 4) is 0 Å². The van der Waals surface area contributed by atoms with E-state index in [0.29, 0.717) is 12.5 Å². The van der Waals surface area contributed by atoms with E-state index in [9.17, 15) is 4.79 Å². The number of amides is 1. The highest BCUT2D eigenvalue weighted by Crippen LogP contribution is 2.26. The van der Waals surface area contributed by atoms with E-state index in [-0.39, 0.29) is 35.9 Å². The van der Waals surface area contributed by atoms with Crippen molar-refractivity contribution in [2.45, 2.75) is 57.9 Å². The molecule has 0 aromatic carbocycles. The molecule has 1 saturated heterocycles. The Morgan fingerprint density at radius 1 is 1.31 bits per heavy atom. The highest BCUT2D eigenvalue weighted by atomic mass is 127. The molecular weight excluding hydrogens is 479 g/mol. The minimum atomic E-state index is 0. The lowest BCUT2D eigenvalue weighted by molar-refractivity contribution is -0.135. The fourth-order valence-electron chi connectivity index (χ4n) is 4.00. The summed E-state index contributed by atoms with van der Waals surface area (Å²) in [6.07, 6.45) is 9.26. The van der Waals surface area contributed by atoms with Gasteiger partial charge in [-0.3, -0.25) is 4.79 Å². The van der Waals surface area contributed by atoms with Crippen molar-refractivity contribution in [1.29, 1.82) is 0 Å². The number of hydrogen-bond acceptors (Lipinski definition) is 3. The van der Waals surface area contributed by atoms with Gasteiger partial charge in [0.05, 0.1) is 12.8 Å². The summed E-state index contributed by atoms with van der Waals surface area (Å²) in [5.74, 6) is 2.34. The van der Waals surface area contributed by atoms with E-state index in [1.807, 2.05) is 24.0 Å². The number of guanidine groups is 1. The highest BCUT2D eigenvalue weighted by molar-refractivity contribution is 14.0. The van der Waals surface area contributed by atoms with Crippen LogP contribution in [0.25, 0.3) is 0 Å². The first-order valence-electron chi connectivity index (χ1n) is 10.6. The number of furan rings is 1. The van der Waals surface area contributed by atoms with E-state index in [1.165, 1.54) is 19.3 Å². The van der Waals surface area contributed by atoms with Crippen LogP contribution in [-0.2, 0) is 11.2 Å². The number of carbonyl (C=O) groups excluding carboxylic acids is 1. The molecule has 162 valence electrons. The van der Waals surface area contributed by atoms with Gasteiger partial charge in [0, 0.05) is 38.0 Å². The van der Waals surface area contributed by atoms with Crippen LogP contribution in [0.3, 0.4) is 0 Å². The molecule has 3 rings (SSSR count). The van der Waals surface area contributed by atoms with Gasteiger partial charge >= 0.3 is 0 Å². The quantitative estimate of drug-likeness (QED) is 0.252. The third kappa shape index (κ3) is 7.68. The maximum absolute atomic E-state index is 12.8. The molecular formula is C22H35IN4O2. The molecule has 2 fully saturated rings. The molecule has 0 radical (unpaired) electrons. The number of hydrogen-bond donors (Lipinski definition) is 2. The van der Waals surface area contributed by atoms with Crippen molar-refractivity contribution in [2.24, 2.45) is 10.9 Å². The molecule has 0 spiro atoms. The SMILES string of the molecule is C=C(C)CN=C(NCCc1ccco1)NC1CCN(C(=O)C2CCCCC2)C1.I. The molecule has 1 aliphatic carbocycles.